The Balaban J connectivity index is 2.38. The molecular formula is C8H16O2. The quantitative estimate of drug-likeness (QED) is 0.599. The lowest BCUT2D eigenvalue weighted by molar-refractivity contribution is -0.111. The van der Waals surface area contributed by atoms with Crippen molar-refractivity contribution in [3.05, 3.63) is 0 Å². The molecule has 2 heteroatoms. The lowest BCUT2D eigenvalue weighted by Crippen LogP contribution is -2.39. The third-order valence-corrected chi connectivity index (χ3v) is 2.22. The van der Waals surface area contributed by atoms with Crippen LogP contribution in [0.25, 0.3) is 0 Å². The average molecular weight is 144 g/mol. The zero-order valence-corrected chi connectivity index (χ0v) is 6.76. The maximum Gasteiger partial charge on any atom is 0.0884 e. The molecule has 0 saturated carbocycles. The molecule has 0 aromatic rings. The summed E-state index contributed by atoms with van der Waals surface area (Å²) in [6, 6.07) is 0. The number of aliphatic hydroxyl groups excluding tert-OH is 1. The van der Waals surface area contributed by atoms with Gasteiger partial charge in [0, 0.05) is 6.61 Å². The highest BCUT2D eigenvalue weighted by atomic mass is 16.5. The van der Waals surface area contributed by atoms with Crippen molar-refractivity contribution in [2.24, 2.45) is 5.92 Å². The van der Waals surface area contributed by atoms with Crippen molar-refractivity contribution >= 4 is 0 Å². The van der Waals surface area contributed by atoms with Crippen LogP contribution >= 0.6 is 0 Å². The molecule has 1 aliphatic rings. The number of aliphatic hydroxyl groups is 1. The van der Waals surface area contributed by atoms with Crippen LogP contribution in [0, 0.1) is 5.92 Å². The molecule has 2 atom stereocenters. The zero-order valence-electron chi connectivity index (χ0n) is 6.76. The summed E-state index contributed by atoms with van der Waals surface area (Å²) in [5.74, 6) is 0.666. The number of rotatable bonds is 1. The molecule has 10 heavy (non-hydrogen) atoms. The first kappa shape index (κ1) is 8.02. The predicted octanol–water partition coefficient (Wildman–Crippen LogP) is 1.18. The van der Waals surface area contributed by atoms with E-state index >= 15 is 0 Å². The molecule has 60 valence electrons. The van der Waals surface area contributed by atoms with E-state index in [0.29, 0.717) is 5.92 Å². The van der Waals surface area contributed by atoms with Gasteiger partial charge in [0.25, 0.3) is 0 Å². The van der Waals surface area contributed by atoms with Crippen LogP contribution in [0.2, 0.25) is 0 Å². The predicted molar refractivity (Wildman–Crippen MR) is 39.8 cm³/mol. The Labute approximate surface area is 62.2 Å². The van der Waals surface area contributed by atoms with Crippen molar-refractivity contribution in [2.45, 2.75) is 32.3 Å². The first-order chi connectivity index (χ1) is 4.66. The Morgan fingerprint density at radius 1 is 1.70 bits per heavy atom. The van der Waals surface area contributed by atoms with E-state index in [9.17, 15) is 0 Å². The van der Waals surface area contributed by atoms with Gasteiger partial charge in [-0.25, -0.2) is 0 Å². The van der Waals surface area contributed by atoms with Gasteiger partial charge in [-0.3, -0.25) is 0 Å². The first-order valence-electron chi connectivity index (χ1n) is 3.91. The second-order valence-electron chi connectivity index (χ2n) is 3.56. The fraction of sp³-hybridized carbons (Fsp3) is 1.00. The Hall–Kier alpha value is -0.0800. The summed E-state index contributed by atoms with van der Waals surface area (Å²) in [6.45, 7) is 5.10. The molecule has 0 unspecified atom stereocenters. The highest BCUT2D eigenvalue weighted by Gasteiger charge is 2.29. The largest absolute Gasteiger partial charge is 0.393 e. The maximum absolute atomic E-state index is 8.91. The van der Waals surface area contributed by atoms with Gasteiger partial charge in [-0.15, -0.1) is 0 Å². The molecule has 1 heterocycles. The summed E-state index contributed by atoms with van der Waals surface area (Å²) in [7, 11) is 0. The van der Waals surface area contributed by atoms with E-state index in [2.05, 4.69) is 6.92 Å². The van der Waals surface area contributed by atoms with Crippen LogP contribution < -0.4 is 0 Å². The molecule has 0 aromatic heterocycles. The Morgan fingerprint density at radius 3 is 2.80 bits per heavy atom. The van der Waals surface area contributed by atoms with Crippen molar-refractivity contribution < 1.29 is 9.84 Å². The standard InChI is InChI=1S/C8H16O2/c1-7-3-4-8(2,6-9)10-5-7/h7,9H,3-6H2,1-2H3/t7-,8+/m1/s1. The highest BCUT2D eigenvalue weighted by molar-refractivity contribution is 4.79. The summed E-state index contributed by atoms with van der Waals surface area (Å²) in [6.07, 6.45) is 2.17. The molecule has 0 spiro atoms. The van der Waals surface area contributed by atoms with Crippen molar-refractivity contribution in [3.8, 4) is 0 Å². The van der Waals surface area contributed by atoms with Crippen LogP contribution in [0.3, 0.4) is 0 Å². The minimum absolute atomic E-state index is 0.152. The second kappa shape index (κ2) is 2.89. The summed E-state index contributed by atoms with van der Waals surface area (Å²) in [5, 5.41) is 8.91. The molecule has 0 aromatic carbocycles. The molecule has 0 bridgehead atoms. The van der Waals surface area contributed by atoms with Gasteiger partial charge >= 0.3 is 0 Å². The Kier molecular flexibility index (Phi) is 2.32. The van der Waals surface area contributed by atoms with Gasteiger partial charge in [-0.1, -0.05) is 6.92 Å². The van der Waals surface area contributed by atoms with E-state index < -0.39 is 0 Å². The van der Waals surface area contributed by atoms with Crippen LogP contribution in [0.1, 0.15) is 26.7 Å². The van der Waals surface area contributed by atoms with Gasteiger partial charge in [0.05, 0.1) is 12.2 Å². The highest BCUT2D eigenvalue weighted by Crippen LogP contribution is 2.26. The summed E-state index contributed by atoms with van der Waals surface area (Å²) in [5.41, 5.74) is -0.244. The average Bonchev–Trinajstić information content (AvgIpc) is 1.96. The van der Waals surface area contributed by atoms with Crippen LogP contribution in [-0.2, 0) is 4.74 Å². The lowest BCUT2D eigenvalue weighted by Gasteiger charge is -2.34. The Bertz CT molecular complexity index is 104. The molecular weight excluding hydrogens is 128 g/mol. The molecule has 0 aliphatic carbocycles. The number of hydrogen-bond donors (Lipinski definition) is 1. The normalized spacial score (nSPS) is 41.7. The molecule has 1 saturated heterocycles. The van der Waals surface area contributed by atoms with Crippen molar-refractivity contribution in [1.29, 1.82) is 0 Å². The molecule has 0 radical (unpaired) electrons. The third kappa shape index (κ3) is 1.70. The SMILES string of the molecule is C[C@@H]1CC[C@@](C)(CO)OC1. The summed E-state index contributed by atoms with van der Waals surface area (Å²) >= 11 is 0. The number of ether oxygens (including phenoxy) is 1. The molecule has 1 rings (SSSR count). The minimum Gasteiger partial charge on any atom is -0.393 e. The van der Waals surface area contributed by atoms with Gasteiger partial charge < -0.3 is 9.84 Å². The smallest absolute Gasteiger partial charge is 0.0884 e. The van der Waals surface area contributed by atoms with E-state index in [1.165, 1.54) is 6.42 Å². The minimum atomic E-state index is -0.244. The summed E-state index contributed by atoms with van der Waals surface area (Å²) < 4.78 is 5.48. The third-order valence-electron chi connectivity index (χ3n) is 2.22. The van der Waals surface area contributed by atoms with E-state index in [-0.39, 0.29) is 12.2 Å². The monoisotopic (exact) mass is 144 g/mol. The van der Waals surface area contributed by atoms with E-state index in [0.717, 1.165) is 13.0 Å². The van der Waals surface area contributed by atoms with Crippen LogP contribution in [-0.4, -0.2) is 23.9 Å². The van der Waals surface area contributed by atoms with Gasteiger partial charge in [0.1, 0.15) is 0 Å². The zero-order chi connectivity index (χ0) is 7.61. The molecule has 1 aliphatic heterocycles. The second-order valence-corrected chi connectivity index (χ2v) is 3.56. The maximum atomic E-state index is 8.91. The van der Waals surface area contributed by atoms with E-state index in [4.69, 9.17) is 9.84 Å². The van der Waals surface area contributed by atoms with Crippen LogP contribution in [0.15, 0.2) is 0 Å². The molecule has 2 nitrogen and oxygen atoms in total. The van der Waals surface area contributed by atoms with Crippen molar-refractivity contribution in [3.63, 3.8) is 0 Å². The fourth-order valence-electron chi connectivity index (χ4n) is 1.18. The van der Waals surface area contributed by atoms with Gasteiger partial charge in [-0.05, 0) is 25.7 Å². The fourth-order valence-corrected chi connectivity index (χ4v) is 1.18. The topological polar surface area (TPSA) is 29.5 Å². The molecule has 1 fully saturated rings. The van der Waals surface area contributed by atoms with E-state index in [1.807, 2.05) is 6.92 Å². The number of hydrogen-bond acceptors (Lipinski definition) is 2. The lowest BCUT2D eigenvalue weighted by atomic mass is 9.92. The van der Waals surface area contributed by atoms with Crippen LogP contribution in [0.5, 0.6) is 0 Å². The Morgan fingerprint density at radius 2 is 2.40 bits per heavy atom. The molecule has 0 amide bonds. The van der Waals surface area contributed by atoms with Crippen LogP contribution in [0.4, 0.5) is 0 Å². The molecule has 1 N–H and O–H groups in total. The van der Waals surface area contributed by atoms with E-state index in [1.54, 1.807) is 0 Å². The summed E-state index contributed by atoms with van der Waals surface area (Å²) in [4.78, 5) is 0. The van der Waals surface area contributed by atoms with Crippen molar-refractivity contribution in [2.75, 3.05) is 13.2 Å². The van der Waals surface area contributed by atoms with Gasteiger partial charge in [0.15, 0.2) is 0 Å². The van der Waals surface area contributed by atoms with Gasteiger partial charge in [-0.2, -0.15) is 0 Å². The van der Waals surface area contributed by atoms with Crippen molar-refractivity contribution in [1.82, 2.24) is 0 Å². The first-order valence-corrected chi connectivity index (χ1v) is 3.91. The van der Waals surface area contributed by atoms with Gasteiger partial charge in [0.2, 0.25) is 0 Å².